The summed E-state index contributed by atoms with van der Waals surface area (Å²) < 4.78 is 35.0. The lowest BCUT2D eigenvalue weighted by molar-refractivity contribution is -0.116. The number of methoxy groups -OCH3 is 2. The summed E-state index contributed by atoms with van der Waals surface area (Å²) in [6, 6.07) is 19.0. The van der Waals surface area contributed by atoms with E-state index in [1.165, 1.54) is 0 Å². The fourth-order valence-electron chi connectivity index (χ4n) is 3.66. The Morgan fingerprint density at radius 3 is 2.21 bits per heavy atom. The number of fused-ring (bicyclic) bond motifs is 1. The van der Waals surface area contributed by atoms with Gasteiger partial charge in [0.15, 0.2) is 11.6 Å². The van der Waals surface area contributed by atoms with Gasteiger partial charge in [-0.25, -0.2) is 23.9 Å². The molecule has 12 nitrogen and oxygen atoms in total. The topological polar surface area (TPSA) is 141 Å². The van der Waals surface area contributed by atoms with Crippen LogP contribution in [0.15, 0.2) is 66.7 Å². The summed E-state index contributed by atoms with van der Waals surface area (Å²) in [5.74, 6) is 1.12. The highest BCUT2D eigenvalue weighted by molar-refractivity contribution is 7.81. The zero-order valence-corrected chi connectivity index (χ0v) is 22.7. The van der Waals surface area contributed by atoms with Crippen LogP contribution < -0.4 is 29.8 Å². The third-order valence-electron chi connectivity index (χ3n) is 5.44. The summed E-state index contributed by atoms with van der Waals surface area (Å²) in [4.78, 5) is 21.7. The molecular formula is C26H29N7O5S. The summed E-state index contributed by atoms with van der Waals surface area (Å²) in [6.45, 7) is 0.0566. The van der Waals surface area contributed by atoms with E-state index < -0.39 is 11.3 Å². The molecule has 1 unspecified atom stereocenters. The SMILES string of the molecule is COc1cc(Nc2nc3ccccc3nc2N(c2cccc(NC(=O)CNN(C)C)c2)S(=O)O)cc(OC)c1. The van der Waals surface area contributed by atoms with Gasteiger partial charge in [-0.2, -0.15) is 0 Å². The van der Waals surface area contributed by atoms with Crippen LogP contribution in [-0.4, -0.2) is 64.5 Å². The van der Waals surface area contributed by atoms with Gasteiger partial charge in [0.1, 0.15) is 11.5 Å². The number of nitrogens with one attached hydrogen (secondary N) is 3. The maximum atomic E-state index is 12.8. The van der Waals surface area contributed by atoms with Gasteiger partial charge in [-0.1, -0.05) is 18.2 Å². The first-order valence-electron chi connectivity index (χ1n) is 11.8. The molecule has 1 heterocycles. The second-order valence-electron chi connectivity index (χ2n) is 8.46. The second-order valence-corrected chi connectivity index (χ2v) is 9.29. The molecular weight excluding hydrogens is 522 g/mol. The van der Waals surface area contributed by atoms with Gasteiger partial charge < -0.3 is 20.1 Å². The standard InChI is InChI=1S/C26H29N7O5S/c1-32(2)27-16-24(34)28-17-8-7-9-19(12-17)33(39(35)36)26-25(30-22-10-5-6-11-23(22)31-26)29-18-13-20(37-3)15-21(14-18)38-4/h5-15,27H,16H2,1-4H3,(H,28,34)(H,29,30)(H,35,36). The smallest absolute Gasteiger partial charge is 0.268 e. The molecule has 4 aromatic rings. The lowest BCUT2D eigenvalue weighted by atomic mass is 10.2. The molecule has 0 aliphatic heterocycles. The molecule has 1 amide bonds. The lowest BCUT2D eigenvalue weighted by Gasteiger charge is -2.23. The van der Waals surface area contributed by atoms with E-state index in [-0.39, 0.29) is 24.1 Å². The van der Waals surface area contributed by atoms with E-state index in [2.05, 4.69) is 21.0 Å². The molecule has 0 spiro atoms. The lowest BCUT2D eigenvalue weighted by Crippen LogP contribution is -2.37. The summed E-state index contributed by atoms with van der Waals surface area (Å²) in [5, 5.41) is 7.63. The number of hydrogen-bond donors (Lipinski definition) is 4. The van der Waals surface area contributed by atoms with Crippen LogP contribution in [0.4, 0.5) is 28.7 Å². The highest BCUT2D eigenvalue weighted by atomic mass is 32.2. The molecule has 0 aliphatic carbocycles. The average Bonchev–Trinajstić information content (AvgIpc) is 2.92. The van der Waals surface area contributed by atoms with Crippen molar-refractivity contribution in [1.82, 2.24) is 20.4 Å². The van der Waals surface area contributed by atoms with Crippen LogP contribution in [0.2, 0.25) is 0 Å². The van der Waals surface area contributed by atoms with Crippen LogP contribution >= 0.6 is 0 Å². The number of nitrogens with zero attached hydrogens (tertiary/aromatic N) is 4. The van der Waals surface area contributed by atoms with Crippen molar-refractivity contribution < 1.29 is 23.0 Å². The van der Waals surface area contributed by atoms with Crippen LogP contribution in [0.1, 0.15) is 0 Å². The minimum atomic E-state index is -2.55. The Labute approximate surface area is 228 Å². The number of amides is 1. The first-order chi connectivity index (χ1) is 18.8. The van der Waals surface area contributed by atoms with Gasteiger partial charge in [-0.05, 0) is 30.3 Å². The summed E-state index contributed by atoms with van der Waals surface area (Å²) in [7, 11) is 6.64. The maximum absolute atomic E-state index is 12.8. The normalized spacial score (nSPS) is 11.7. The molecule has 1 atom stereocenters. The van der Waals surface area contributed by atoms with Crippen molar-refractivity contribution in [2.24, 2.45) is 0 Å². The van der Waals surface area contributed by atoms with Gasteiger partial charge in [0.05, 0.1) is 37.5 Å². The van der Waals surface area contributed by atoms with Crippen LogP contribution in [0.3, 0.4) is 0 Å². The molecule has 0 saturated heterocycles. The summed E-state index contributed by atoms with van der Waals surface area (Å²) >= 11 is -2.55. The molecule has 0 bridgehead atoms. The van der Waals surface area contributed by atoms with E-state index >= 15 is 0 Å². The van der Waals surface area contributed by atoms with Crippen molar-refractivity contribution in [1.29, 1.82) is 0 Å². The number of hydrazine groups is 1. The third kappa shape index (κ3) is 6.97. The van der Waals surface area contributed by atoms with Gasteiger partial charge in [-0.15, -0.1) is 0 Å². The molecule has 4 N–H and O–H groups in total. The van der Waals surface area contributed by atoms with Crippen LogP contribution in [0.5, 0.6) is 11.5 Å². The monoisotopic (exact) mass is 551 g/mol. The molecule has 3 aromatic carbocycles. The Morgan fingerprint density at radius 1 is 0.923 bits per heavy atom. The molecule has 39 heavy (non-hydrogen) atoms. The quantitative estimate of drug-likeness (QED) is 0.161. The first-order valence-corrected chi connectivity index (χ1v) is 12.8. The van der Waals surface area contributed by atoms with E-state index in [0.29, 0.717) is 39.6 Å². The molecule has 0 saturated carbocycles. The second kappa shape index (κ2) is 12.5. The predicted molar refractivity (Wildman–Crippen MR) is 152 cm³/mol. The first kappa shape index (κ1) is 27.7. The number of hydrogen-bond acceptors (Lipinski definition) is 9. The number of para-hydroxylation sites is 2. The third-order valence-corrected chi connectivity index (χ3v) is 6.13. The fourth-order valence-corrected chi connectivity index (χ4v) is 4.23. The minimum Gasteiger partial charge on any atom is -0.497 e. The number of carbonyl (C=O) groups is 1. The van der Waals surface area contributed by atoms with Crippen molar-refractivity contribution in [3.63, 3.8) is 0 Å². The Kier molecular flexibility index (Phi) is 8.88. The van der Waals surface area contributed by atoms with Gasteiger partial charge >= 0.3 is 0 Å². The Balaban J connectivity index is 1.77. The summed E-state index contributed by atoms with van der Waals surface area (Å²) in [6.07, 6.45) is 0. The van der Waals surface area contributed by atoms with Gasteiger partial charge in [0.25, 0.3) is 11.3 Å². The Morgan fingerprint density at radius 2 is 1.59 bits per heavy atom. The number of benzene rings is 3. The Hall–Kier alpha value is -4.30. The molecule has 13 heteroatoms. The minimum absolute atomic E-state index is 0.0566. The van der Waals surface area contributed by atoms with E-state index in [1.54, 1.807) is 94.0 Å². The fraction of sp³-hybridized carbons (Fsp3) is 0.192. The highest BCUT2D eigenvalue weighted by Gasteiger charge is 2.23. The van der Waals surface area contributed by atoms with E-state index in [0.717, 1.165) is 4.31 Å². The van der Waals surface area contributed by atoms with Crippen molar-refractivity contribution >= 4 is 56.9 Å². The van der Waals surface area contributed by atoms with Crippen LogP contribution in [-0.2, 0) is 16.1 Å². The molecule has 0 aliphatic rings. The van der Waals surface area contributed by atoms with Crippen molar-refractivity contribution in [3.05, 3.63) is 66.7 Å². The van der Waals surface area contributed by atoms with E-state index in [4.69, 9.17) is 14.5 Å². The number of rotatable bonds is 11. The van der Waals surface area contributed by atoms with Crippen LogP contribution in [0, 0.1) is 0 Å². The Bertz CT molecular complexity index is 1480. The van der Waals surface area contributed by atoms with Gasteiger partial charge in [0, 0.05) is 43.7 Å². The zero-order valence-electron chi connectivity index (χ0n) is 21.8. The van der Waals surface area contributed by atoms with E-state index in [1.807, 2.05) is 6.07 Å². The largest absolute Gasteiger partial charge is 0.497 e. The van der Waals surface area contributed by atoms with Crippen molar-refractivity contribution in [2.75, 3.05) is 49.8 Å². The number of ether oxygens (including phenoxy) is 2. The maximum Gasteiger partial charge on any atom is 0.268 e. The average molecular weight is 552 g/mol. The molecule has 0 radical (unpaired) electrons. The predicted octanol–water partition coefficient (Wildman–Crippen LogP) is 3.67. The van der Waals surface area contributed by atoms with Gasteiger partial charge in [-0.3, -0.25) is 14.4 Å². The highest BCUT2D eigenvalue weighted by Crippen LogP contribution is 2.36. The molecule has 204 valence electrons. The van der Waals surface area contributed by atoms with Crippen molar-refractivity contribution in [2.45, 2.75) is 0 Å². The number of carbonyl (C=O) groups excluding carboxylic acids is 1. The zero-order chi connectivity index (χ0) is 27.9. The molecule has 1 aromatic heterocycles. The van der Waals surface area contributed by atoms with Crippen LogP contribution in [0.25, 0.3) is 11.0 Å². The van der Waals surface area contributed by atoms with Crippen molar-refractivity contribution in [3.8, 4) is 11.5 Å². The number of anilines is 5. The molecule has 0 fully saturated rings. The summed E-state index contributed by atoms with van der Waals surface area (Å²) in [5.41, 5.74) is 5.31. The van der Waals surface area contributed by atoms with E-state index in [9.17, 15) is 13.6 Å². The van der Waals surface area contributed by atoms with Gasteiger partial charge in [0.2, 0.25) is 5.91 Å². The molecule has 4 rings (SSSR count). The number of aromatic nitrogens is 2.